The summed E-state index contributed by atoms with van der Waals surface area (Å²) < 4.78 is 0. The molecule has 0 aromatic carbocycles. The summed E-state index contributed by atoms with van der Waals surface area (Å²) in [5.41, 5.74) is 16.1. The molecule has 0 saturated heterocycles. The molecule has 0 saturated carbocycles. The Morgan fingerprint density at radius 1 is 0.649 bits per heavy atom. The van der Waals surface area contributed by atoms with Crippen LogP contribution in [0.15, 0.2) is 72.8 Å². The van der Waals surface area contributed by atoms with E-state index in [2.05, 4.69) is 25.1 Å². The maximum atomic E-state index is 11.2. The van der Waals surface area contributed by atoms with Gasteiger partial charge >= 0.3 is 11.9 Å². The topological polar surface area (TPSA) is 191 Å². The van der Waals surface area contributed by atoms with E-state index >= 15 is 0 Å². The fraction of sp³-hybridized carbons (Fsp3) is 0.0385. The predicted octanol–water partition coefficient (Wildman–Crippen LogP) is 3.00. The highest BCUT2D eigenvalue weighted by atomic mass is 16.4. The lowest BCUT2D eigenvalue weighted by molar-refractivity contribution is 0.0680. The highest BCUT2D eigenvalue weighted by molar-refractivity contribution is 5.86. The maximum Gasteiger partial charge on any atom is 0.354 e. The van der Waals surface area contributed by atoms with E-state index in [1.54, 1.807) is 48.5 Å². The van der Waals surface area contributed by atoms with Gasteiger partial charge in [0.15, 0.2) is 0 Å². The number of aromatic nitrogens is 5. The first-order valence-corrected chi connectivity index (χ1v) is 10.9. The molecule has 0 radical (unpaired) electrons. The van der Waals surface area contributed by atoms with Gasteiger partial charge < -0.3 is 21.7 Å². The molecule has 6 N–H and O–H groups in total. The average molecular weight is 495 g/mol. The van der Waals surface area contributed by atoms with E-state index in [0.29, 0.717) is 39.9 Å². The van der Waals surface area contributed by atoms with Gasteiger partial charge in [0, 0.05) is 0 Å². The first kappa shape index (κ1) is 24.7. The summed E-state index contributed by atoms with van der Waals surface area (Å²) in [5, 5.41) is 26.7. The Kier molecular flexibility index (Phi) is 6.96. The summed E-state index contributed by atoms with van der Waals surface area (Å²) in [6.45, 7) is 1.89. The van der Waals surface area contributed by atoms with Gasteiger partial charge in [-0.15, -0.1) is 10.2 Å². The van der Waals surface area contributed by atoms with E-state index in [9.17, 15) is 9.59 Å². The Morgan fingerprint density at radius 3 is 1.78 bits per heavy atom. The zero-order valence-corrected chi connectivity index (χ0v) is 19.5. The number of pyridine rings is 3. The summed E-state index contributed by atoms with van der Waals surface area (Å²) in [5.74, 6) is -2.28. The van der Waals surface area contributed by atoms with Crippen LogP contribution in [0.25, 0.3) is 34.2 Å². The third-order valence-electron chi connectivity index (χ3n) is 5.13. The van der Waals surface area contributed by atoms with Crippen LogP contribution < -0.4 is 11.5 Å². The van der Waals surface area contributed by atoms with Crippen molar-refractivity contribution in [2.24, 2.45) is 11.5 Å². The first-order chi connectivity index (χ1) is 17.7. The minimum absolute atomic E-state index is 0.0873. The van der Waals surface area contributed by atoms with Gasteiger partial charge in [0.2, 0.25) is 0 Å². The van der Waals surface area contributed by atoms with Crippen LogP contribution in [0.2, 0.25) is 0 Å². The maximum absolute atomic E-state index is 11.2. The van der Waals surface area contributed by atoms with Crippen LogP contribution in [0.5, 0.6) is 0 Å². The van der Waals surface area contributed by atoms with E-state index in [1.165, 1.54) is 18.2 Å². The number of carboxylic acid groups (broad SMARTS) is 2. The quantitative estimate of drug-likeness (QED) is 0.275. The minimum Gasteiger partial charge on any atom is -0.477 e. The Hall–Kier alpha value is -5.45. The molecule has 0 atom stereocenters. The molecule has 4 heterocycles. The van der Waals surface area contributed by atoms with Crippen molar-refractivity contribution in [3.05, 3.63) is 101 Å². The highest BCUT2D eigenvalue weighted by Crippen LogP contribution is 2.21. The molecule has 184 valence electrons. The molecule has 4 aromatic heterocycles. The number of hydrogen-bond donors (Lipinski definition) is 4. The van der Waals surface area contributed by atoms with Gasteiger partial charge in [-0.3, -0.25) is 0 Å². The Labute approximate surface area is 210 Å². The normalized spacial score (nSPS) is 11.8. The predicted molar refractivity (Wildman–Crippen MR) is 136 cm³/mol. The van der Waals surface area contributed by atoms with Crippen molar-refractivity contribution in [1.82, 2.24) is 25.1 Å². The standard InChI is InChI=1S/C26H21N7O4/c1-14-12-23(16(28)9-8-15(27)17-4-2-6-21(29-17)25(34)35)31-24(13-14)20-11-10-19(32-33-20)18-5-3-7-22(30-18)26(36)37/h2-13H,27-28H2,1H3,(H,34,35)(H,36,37)/b15-8-,16-9-. The molecular weight excluding hydrogens is 474 g/mol. The van der Waals surface area contributed by atoms with Crippen LogP contribution in [0.3, 0.4) is 0 Å². The van der Waals surface area contributed by atoms with E-state index in [4.69, 9.17) is 21.7 Å². The van der Waals surface area contributed by atoms with E-state index in [-0.39, 0.29) is 17.1 Å². The molecule has 11 heteroatoms. The molecule has 0 aliphatic rings. The van der Waals surface area contributed by atoms with Gasteiger partial charge in [0.05, 0.1) is 34.2 Å². The first-order valence-electron chi connectivity index (χ1n) is 10.9. The molecular formula is C26H21N7O4. The molecule has 0 amide bonds. The number of aromatic carboxylic acids is 2. The second-order valence-corrected chi connectivity index (χ2v) is 7.89. The van der Waals surface area contributed by atoms with E-state index in [1.807, 2.05) is 13.0 Å². The molecule has 37 heavy (non-hydrogen) atoms. The molecule has 0 aliphatic carbocycles. The van der Waals surface area contributed by atoms with Crippen LogP contribution in [-0.2, 0) is 0 Å². The zero-order chi connectivity index (χ0) is 26.5. The molecule has 0 aliphatic heterocycles. The summed E-state index contributed by atoms with van der Waals surface area (Å²) in [7, 11) is 0. The van der Waals surface area contributed by atoms with Gasteiger partial charge in [0.25, 0.3) is 0 Å². The van der Waals surface area contributed by atoms with Crippen LogP contribution >= 0.6 is 0 Å². The number of carboxylic acids is 2. The molecule has 0 spiro atoms. The van der Waals surface area contributed by atoms with Crippen LogP contribution in [0.4, 0.5) is 0 Å². The van der Waals surface area contributed by atoms with Gasteiger partial charge in [-0.25, -0.2) is 24.5 Å². The third kappa shape index (κ3) is 5.80. The average Bonchev–Trinajstić information content (AvgIpc) is 2.91. The molecule has 0 bridgehead atoms. The molecule has 0 fully saturated rings. The Bertz CT molecular complexity index is 1560. The number of hydrogen-bond acceptors (Lipinski definition) is 9. The number of aryl methyl sites for hydroxylation is 1. The largest absolute Gasteiger partial charge is 0.477 e. The lowest BCUT2D eigenvalue weighted by Crippen LogP contribution is -2.06. The fourth-order valence-corrected chi connectivity index (χ4v) is 3.31. The van der Waals surface area contributed by atoms with Gasteiger partial charge in [-0.2, -0.15) is 0 Å². The van der Waals surface area contributed by atoms with Gasteiger partial charge in [0.1, 0.15) is 22.8 Å². The van der Waals surface area contributed by atoms with Crippen molar-refractivity contribution >= 4 is 23.3 Å². The zero-order valence-electron chi connectivity index (χ0n) is 19.5. The van der Waals surface area contributed by atoms with E-state index in [0.717, 1.165) is 5.56 Å². The van der Waals surface area contributed by atoms with Crippen molar-refractivity contribution in [1.29, 1.82) is 0 Å². The van der Waals surface area contributed by atoms with Crippen molar-refractivity contribution in [2.45, 2.75) is 6.92 Å². The second kappa shape index (κ2) is 10.4. The number of nitrogens with zero attached hydrogens (tertiary/aromatic N) is 5. The summed E-state index contributed by atoms with van der Waals surface area (Å²) in [6, 6.07) is 16.2. The number of allylic oxidation sites excluding steroid dienone is 2. The van der Waals surface area contributed by atoms with E-state index < -0.39 is 11.9 Å². The summed E-state index contributed by atoms with van der Waals surface area (Å²) in [4.78, 5) is 35.0. The molecule has 4 aromatic rings. The highest BCUT2D eigenvalue weighted by Gasteiger charge is 2.11. The van der Waals surface area contributed by atoms with Crippen molar-refractivity contribution < 1.29 is 19.8 Å². The smallest absolute Gasteiger partial charge is 0.354 e. The number of carbonyl (C=O) groups is 2. The lowest BCUT2D eigenvalue weighted by atomic mass is 10.1. The lowest BCUT2D eigenvalue weighted by Gasteiger charge is -2.07. The minimum atomic E-state index is -1.15. The fourth-order valence-electron chi connectivity index (χ4n) is 3.31. The van der Waals surface area contributed by atoms with Crippen molar-refractivity contribution in [3.8, 4) is 22.8 Å². The molecule has 11 nitrogen and oxygen atoms in total. The van der Waals surface area contributed by atoms with Crippen LogP contribution in [0.1, 0.15) is 37.9 Å². The number of nitrogens with two attached hydrogens (primary N) is 2. The summed E-state index contributed by atoms with van der Waals surface area (Å²) in [6.07, 6.45) is 3.09. The third-order valence-corrected chi connectivity index (χ3v) is 5.13. The molecule has 0 unspecified atom stereocenters. The van der Waals surface area contributed by atoms with Crippen molar-refractivity contribution in [3.63, 3.8) is 0 Å². The summed E-state index contributed by atoms with van der Waals surface area (Å²) >= 11 is 0. The Balaban J connectivity index is 1.60. The number of rotatable bonds is 7. The monoisotopic (exact) mass is 495 g/mol. The SMILES string of the molecule is Cc1cc(/C(N)=C/C=C(\N)c2cccc(C(=O)O)n2)nc(-c2ccc(-c3cccc(C(=O)O)n3)nn2)c1. The van der Waals surface area contributed by atoms with Gasteiger partial charge in [-0.05, 0) is 73.2 Å². The second-order valence-electron chi connectivity index (χ2n) is 7.89. The van der Waals surface area contributed by atoms with Crippen molar-refractivity contribution in [2.75, 3.05) is 0 Å². The molecule has 4 rings (SSSR count). The van der Waals surface area contributed by atoms with Crippen LogP contribution in [0, 0.1) is 6.92 Å². The Morgan fingerprint density at radius 2 is 1.16 bits per heavy atom. The van der Waals surface area contributed by atoms with Crippen LogP contribution in [-0.4, -0.2) is 47.3 Å². The van der Waals surface area contributed by atoms with Gasteiger partial charge in [-0.1, -0.05) is 12.1 Å².